The number of nitrogen functional groups attached to an aromatic ring is 1. The smallest absolute Gasteiger partial charge is 0.258 e. The molecule has 1 amide bonds. The van der Waals surface area contributed by atoms with Gasteiger partial charge in [0, 0.05) is 16.8 Å². The first-order valence-corrected chi connectivity index (χ1v) is 6.36. The van der Waals surface area contributed by atoms with Gasteiger partial charge in [0.05, 0.1) is 11.0 Å². The van der Waals surface area contributed by atoms with Crippen molar-refractivity contribution in [1.29, 1.82) is 0 Å². The number of nitrogens with zero attached hydrogens (tertiary/aromatic N) is 1. The summed E-state index contributed by atoms with van der Waals surface area (Å²) in [6.07, 6.45) is 0. The number of benzene rings is 2. The van der Waals surface area contributed by atoms with Gasteiger partial charge in [-0.1, -0.05) is 12.1 Å². The number of amides is 1. The van der Waals surface area contributed by atoms with Crippen molar-refractivity contribution in [2.45, 2.75) is 6.92 Å². The van der Waals surface area contributed by atoms with Crippen LogP contribution in [0, 0.1) is 12.7 Å². The van der Waals surface area contributed by atoms with E-state index in [1.807, 2.05) is 24.3 Å². The normalized spacial score (nSPS) is 10.8. The lowest BCUT2D eigenvalue weighted by molar-refractivity contribution is 0.102. The van der Waals surface area contributed by atoms with Gasteiger partial charge in [0.1, 0.15) is 5.82 Å². The topological polar surface area (TPSA) is 83.8 Å². The number of hydrogen-bond acceptors (Lipinski definition) is 3. The van der Waals surface area contributed by atoms with E-state index >= 15 is 0 Å². The van der Waals surface area contributed by atoms with Gasteiger partial charge in [-0.15, -0.1) is 0 Å². The average molecular weight is 284 g/mol. The number of aromatic nitrogens is 2. The second-order valence-corrected chi connectivity index (χ2v) is 4.73. The minimum absolute atomic E-state index is 0.149. The minimum atomic E-state index is -0.509. The molecule has 0 saturated heterocycles. The van der Waals surface area contributed by atoms with Gasteiger partial charge in [0.2, 0.25) is 5.95 Å². The number of nitrogens with two attached hydrogens (primary N) is 1. The van der Waals surface area contributed by atoms with Crippen LogP contribution >= 0.6 is 0 Å². The lowest BCUT2D eigenvalue weighted by Crippen LogP contribution is -2.14. The Kier molecular flexibility index (Phi) is 3.06. The third kappa shape index (κ3) is 2.43. The number of carbonyl (C=O) groups is 1. The summed E-state index contributed by atoms with van der Waals surface area (Å²) in [6.45, 7) is 1.56. The van der Waals surface area contributed by atoms with E-state index in [-0.39, 0.29) is 11.3 Å². The third-order valence-corrected chi connectivity index (χ3v) is 3.27. The number of fused-ring (bicyclic) bond motifs is 1. The molecule has 0 radical (unpaired) electrons. The summed E-state index contributed by atoms with van der Waals surface area (Å²) in [6, 6.07) is 9.99. The van der Waals surface area contributed by atoms with Crippen LogP contribution in [0.1, 0.15) is 15.9 Å². The van der Waals surface area contributed by atoms with Crippen LogP contribution in [0.3, 0.4) is 0 Å². The molecule has 21 heavy (non-hydrogen) atoms. The maximum atomic E-state index is 13.6. The number of halogens is 1. The summed E-state index contributed by atoms with van der Waals surface area (Å²) in [5.74, 6) is -0.676. The zero-order valence-electron chi connectivity index (χ0n) is 11.3. The minimum Gasteiger partial charge on any atom is -0.398 e. The summed E-state index contributed by atoms with van der Waals surface area (Å²) in [4.78, 5) is 19.3. The first-order valence-electron chi connectivity index (χ1n) is 6.36. The van der Waals surface area contributed by atoms with Gasteiger partial charge < -0.3 is 10.7 Å². The van der Waals surface area contributed by atoms with Crippen LogP contribution in [-0.2, 0) is 0 Å². The summed E-state index contributed by atoms with van der Waals surface area (Å²) in [5, 5.41) is 2.59. The van der Waals surface area contributed by atoms with Crippen molar-refractivity contribution < 1.29 is 9.18 Å². The maximum Gasteiger partial charge on any atom is 0.258 e. The molecule has 2 aromatic carbocycles. The van der Waals surface area contributed by atoms with Crippen molar-refractivity contribution in [2.75, 3.05) is 11.1 Å². The molecule has 106 valence electrons. The zero-order chi connectivity index (χ0) is 15.0. The van der Waals surface area contributed by atoms with Crippen LogP contribution in [-0.4, -0.2) is 15.9 Å². The second-order valence-electron chi connectivity index (χ2n) is 4.73. The number of carbonyl (C=O) groups excluding carboxylic acids is 1. The first kappa shape index (κ1) is 13.1. The van der Waals surface area contributed by atoms with Crippen molar-refractivity contribution in [3.8, 4) is 0 Å². The Balaban J connectivity index is 1.89. The number of hydrogen-bond donors (Lipinski definition) is 3. The highest BCUT2D eigenvalue weighted by molar-refractivity contribution is 6.04. The SMILES string of the molecule is Cc1c(N)cc(C(=O)Nc2nc3ccccc3[nH]2)cc1F. The van der Waals surface area contributed by atoms with Crippen molar-refractivity contribution in [1.82, 2.24) is 9.97 Å². The number of para-hydroxylation sites is 2. The third-order valence-electron chi connectivity index (χ3n) is 3.27. The predicted octanol–water partition coefficient (Wildman–Crippen LogP) is 2.84. The molecular weight excluding hydrogens is 271 g/mol. The Morgan fingerprint density at radius 2 is 2.10 bits per heavy atom. The first-order chi connectivity index (χ1) is 10.0. The van der Waals surface area contributed by atoms with E-state index in [4.69, 9.17) is 5.73 Å². The number of H-pyrrole nitrogens is 1. The molecule has 0 spiro atoms. The molecule has 4 N–H and O–H groups in total. The molecule has 0 bridgehead atoms. The van der Waals surface area contributed by atoms with Gasteiger partial charge in [-0.3, -0.25) is 10.1 Å². The summed E-state index contributed by atoms with van der Waals surface area (Å²) < 4.78 is 13.6. The van der Waals surface area contributed by atoms with Crippen molar-refractivity contribution in [3.63, 3.8) is 0 Å². The number of anilines is 2. The number of aromatic amines is 1. The van der Waals surface area contributed by atoms with Gasteiger partial charge in [0.25, 0.3) is 5.91 Å². The van der Waals surface area contributed by atoms with E-state index in [0.29, 0.717) is 11.5 Å². The number of rotatable bonds is 2. The zero-order valence-corrected chi connectivity index (χ0v) is 11.3. The monoisotopic (exact) mass is 284 g/mol. The second kappa shape index (κ2) is 4.90. The Morgan fingerprint density at radius 1 is 1.33 bits per heavy atom. The van der Waals surface area contributed by atoms with Crippen LogP contribution in [0.4, 0.5) is 16.0 Å². The van der Waals surface area contributed by atoms with Crippen LogP contribution in [0.15, 0.2) is 36.4 Å². The van der Waals surface area contributed by atoms with Crippen molar-refractivity contribution >= 4 is 28.6 Å². The largest absolute Gasteiger partial charge is 0.398 e. The predicted molar refractivity (Wildman–Crippen MR) is 79.6 cm³/mol. The van der Waals surface area contributed by atoms with E-state index in [0.717, 1.165) is 17.1 Å². The quantitative estimate of drug-likeness (QED) is 0.633. The molecular formula is C15H13FN4O. The molecule has 1 aromatic heterocycles. The molecule has 3 aromatic rings. The van der Waals surface area contributed by atoms with Gasteiger partial charge in [-0.25, -0.2) is 9.37 Å². The van der Waals surface area contributed by atoms with Gasteiger partial charge in [-0.2, -0.15) is 0 Å². The average Bonchev–Trinajstić information content (AvgIpc) is 2.86. The highest BCUT2D eigenvalue weighted by Gasteiger charge is 2.13. The van der Waals surface area contributed by atoms with Gasteiger partial charge in [-0.05, 0) is 31.2 Å². The fraction of sp³-hybridized carbons (Fsp3) is 0.0667. The lowest BCUT2D eigenvalue weighted by atomic mass is 10.1. The van der Waals surface area contributed by atoms with Crippen LogP contribution in [0.5, 0.6) is 0 Å². The summed E-state index contributed by atoms with van der Waals surface area (Å²) in [5.41, 5.74) is 7.94. The molecule has 0 aliphatic rings. The molecule has 6 heteroatoms. The summed E-state index contributed by atoms with van der Waals surface area (Å²) in [7, 11) is 0. The fourth-order valence-corrected chi connectivity index (χ4v) is 2.02. The fourth-order valence-electron chi connectivity index (χ4n) is 2.02. The van der Waals surface area contributed by atoms with E-state index in [9.17, 15) is 9.18 Å². The van der Waals surface area contributed by atoms with E-state index in [1.54, 1.807) is 6.92 Å². The van der Waals surface area contributed by atoms with E-state index in [2.05, 4.69) is 15.3 Å². The Bertz CT molecular complexity index is 785. The molecule has 0 atom stereocenters. The van der Waals surface area contributed by atoms with Crippen molar-refractivity contribution in [2.24, 2.45) is 0 Å². The Labute approximate surface area is 120 Å². The molecule has 5 nitrogen and oxygen atoms in total. The maximum absolute atomic E-state index is 13.6. The van der Waals surface area contributed by atoms with Crippen LogP contribution in [0.2, 0.25) is 0 Å². The molecule has 1 heterocycles. The highest BCUT2D eigenvalue weighted by atomic mass is 19.1. The van der Waals surface area contributed by atoms with Crippen LogP contribution in [0.25, 0.3) is 11.0 Å². The molecule has 0 aliphatic heterocycles. The van der Waals surface area contributed by atoms with E-state index < -0.39 is 11.7 Å². The standard InChI is InChI=1S/C15H13FN4O/c1-8-10(16)6-9(7-11(8)17)14(21)20-15-18-12-4-2-3-5-13(12)19-15/h2-7H,17H2,1H3,(H2,18,19,20,21). The van der Waals surface area contributed by atoms with Crippen LogP contribution < -0.4 is 11.1 Å². The molecule has 0 aliphatic carbocycles. The molecule has 3 rings (SSSR count). The lowest BCUT2D eigenvalue weighted by Gasteiger charge is -2.06. The summed E-state index contributed by atoms with van der Waals surface area (Å²) >= 11 is 0. The number of imidazole rings is 1. The Hall–Kier alpha value is -2.89. The molecule has 0 saturated carbocycles. The molecule has 0 unspecified atom stereocenters. The van der Waals surface area contributed by atoms with E-state index in [1.165, 1.54) is 6.07 Å². The Morgan fingerprint density at radius 3 is 2.81 bits per heavy atom. The highest BCUT2D eigenvalue weighted by Crippen LogP contribution is 2.19. The number of nitrogens with one attached hydrogen (secondary N) is 2. The van der Waals surface area contributed by atoms with Crippen molar-refractivity contribution in [3.05, 3.63) is 53.3 Å². The van der Waals surface area contributed by atoms with Gasteiger partial charge in [0.15, 0.2) is 0 Å². The molecule has 0 fully saturated rings. The van der Waals surface area contributed by atoms with Gasteiger partial charge >= 0.3 is 0 Å².